The van der Waals surface area contributed by atoms with Crippen molar-refractivity contribution in [1.82, 2.24) is 0 Å². The quantitative estimate of drug-likeness (QED) is 0.878. The molecule has 13 heavy (non-hydrogen) atoms. The van der Waals surface area contributed by atoms with Crippen LogP contribution in [0.3, 0.4) is 0 Å². The lowest BCUT2D eigenvalue weighted by molar-refractivity contribution is 0.794. The van der Waals surface area contributed by atoms with Crippen LogP contribution in [0.2, 0.25) is 0 Å². The van der Waals surface area contributed by atoms with E-state index in [-0.39, 0.29) is 0 Å². The summed E-state index contributed by atoms with van der Waals surface area (Å²) in [6.07, 6.45) is 1.03. The molecule has 3 heteroatoms. The van der Waals surface area contributed by atoms with E-state index in [0.29, 0.717) is 0 Å². The highest BCUT2D eigenvalue weighted by atomic mass is 79.9. The van der Waals surface area contributed by atoms with E-state index in [1.54, 1.807) is 0 Å². The highest BCUT2D eigenvalue weighted by molar-refractivity contribution is 9.10. The molecule has 0 unspecified atom stereocenters. The lowest BCUT2D eigenvalue weighted by atomic mass is 10.3. The van der Waals surface area contributed by atoms with Gasteiger partial charge in [0, 0.05) is 18.1 Å². The molecule has 0 saturated heterocycles. The van der Waals surface area contributed by atoms with Crippen molar-refractivity contribution in [3.63, 3.8) is 0 Å². The molecular weight excluding hydrogens is 228 g/mol. The molecule has 0 heterocycles. The lowest BCUT2D eigenvalue weighted by Crippen LogP contribution is -2.21. The zero-order valence-corrected chi connectivity index (χ0v) is 9.42. The van der Waals surface area contributed by atoms with E-state index in [1.807, 2.05) is 18.2 Å². The van der Waals surface area contributed by atoms with Gasteiger partial charge < -0.3 is 10.6 Å². The average Bonchev–Trinajstić information content (AvgIpc) is 2.15. The molecule has 0 aliphatic carbocycles. The van der Waals surface area contributed by atoms with Crippen LogP contribution in [0, 0.1) is 0 Å². The normalized spacial score (nSPS) is 10.1. The zero-order chi connectivity index (χ0) is 9.68. The Bertz CT molecular complexity index is 263. The van der Waals surface area contributed by atoms with Crippen molar-refractivity contribution in [3.8, 4) is 0 Å². The third-order valence-electron chi connectivity index (χ3n) is 1.96. The van der Waals surface area contributed by atoms with E-state index in [0.717, 1.165) is 24.0 Å². The van der Waals surface area contributed by atoms with Gasteiger partial charge in [-0.3, -0.25) is 0 Å². The average molecular weight is 243 g/mol. The minimum absolute atomic E-state index is 0.745. The van der Waals surface area contributed by atoms with Gasteiger partial charge in [-0.2, -0.15) is 0 Å². The van der Waals surface area contributed by atoms with Gasteiger partial charge in [0.2, 0.25) is 0 Å². The Morgan fingerprint density at radius 3 is 2.69 bits per heavy atom. The van der Waals surface area contributed by atoms with E-state index in [4.69, 9.17) is 5.73 Å². The van der Waals surface area contributed by atoms with Crippen LogP contribution in [0.15, 0.2) is 28.7 Å². The molecule has 1 aromatic rings. The van der Waals surface area contributed by atoms with Gasteiger partial charge in [0.15, 0.2) is 0 Å². The highest BCUT2D eigenvalue weighted by Gasteiger charge is 2.02. The van der Waals surface area contributed by atoms with Crippen molar-refractivity contribution in [2.24, 2.45) is 5.73 Å². The summed E-state index contributed by atoms with van der Waals surface area (Å²) in [4.78, 5) is 2.21. The van der Waals surface area contributed by atoms with Crippen LogP contribution in [0.5, 0.6) is 0 Å². The van der Waals surface area contributed by atoms with Crippen molar-refractivity contribution < 1.29 is 0 Å². The fraction of sp³-hybridized carbons (Fsp3) is 0.400. The first-order valence-electron chi connectivity index (χ1n) is 4.41. The highest BCUT2D eigenvalue weighted by Crippen LogP contribution is 2.24. The summed E-state index contributed by atoms with van der Waals surface area (Å²) in [5.41, 5.74) is 6.67. The second kappa shape index (κ2) is 5.25. The van der Waals surface area contributed by atoms with Crippen molar-refractivity contribution in [2.75, 3.05) is 25.0 Å². The van der Waals surface area contributed by atoms with Crippen LogP contribution in [0.4, 0.5) is 5.69 Å². The van der Waals surface area contributed by atoms with Gasteiger partial charge in [0.1, 0.15) is 0 Å². The van der Waals surface area contributed by atoms with Crippen LogP contribution in [0.25, 0.3) is 0 Å². The predicted molar refractivity (Wildman–Crippen MR) is 61.1 cm³/mol. The van der Waals surface area contributed by atoms with E-state index in [9.17, 15) is 0 Å². The maximum Gasteiger partial charge on any atom is 0.0508 e. The summed E-state index contributed by atoms with van der Waals surface area (Å²) >= 11 is 3.52. The maximum absolute atomic E-state index is 5.45. The molecule has 2 nitrogen and oxygen atoms in total. The first kappa shape index (κ1) is 10.5. The first-order chi connectivity index (χ1) is 6.25. The molecule has 1 aromatic carbocycles. The van der Waals surface area contributed by atoms with Gasteiger partial charge in [-0.15, -0.1) is 0 Å². The Morgan fingerprint density at radius 2 is 2.08 bits per heavy atom. The fourth-order valence-corrected chi connectivity index (χ4v) is 1.80. The number of benzene rings is 1. The molecule has 1 rings (SSSR count). The Balaban J connectivity index is 2.65. The molecule has 0 fully saturated rings. The predicted octanol–water partition coefficient (Wildman–Crippen LogP) is 2.23. The van der Waals surface area contributed by atoms with E-state index < -0.39 is 0 Å². The second-order valence-corrected chi connectivity index (χ2v) is 3.87. The monoisotopic (exact) mass is 242 g/mol. The molecule has 0 amide bonds. The molecule has 0 atom stereocenters. The standard InChI is InChI=1S/C10H15BrN2/c1-13(8-4-7-12)10-6-3-2-5-9(10)11/h2-3,5-6H,4,7-8,12H2,1H3. The topological polar surface area (TPSA) is 29.3 Å². The van der Waals surface area contributed by atoms with Crippen LogP contribution in [-0.4, -0.2) is 20.1 Å². The van der Waals surface area contributed by atoms with Crippen LogP contribution < -0.4 is 10.6 Å². The van der Waals surface area contributed by atoms with Gasteiger partial charge >= 0.3 is 0 Å². The van der Waals surface area contributed by atoms with Crippen LogP contribution in [0.1, 0.15) is 6.42 Å². The van der Waals surface area contributed by atoms with Gasteiger partial charge in [-0.05, 0) is 41.0 Å². The van der Waals surface area contributed by atoms with Crippen molar-refractivity contribution in [1.29, 1.82) is 0 Å². The van der Waals surface area contributed by atoms with Crippen LogP contribution >= 0.6 is 15.9 Å². The maximum atomic E-state index is 5.45. The number of halogens is 1. The summed E-state index contributed by atoms with van der Waals surface area (Å²) in [7, 11) is 2.08. The molecule has 0 radical (unpaired) electrons. The summed E-state index contributed by atoms with van der Waals surface area (Å²) < 4.78 is 1.13. The molecule has 72 valence electrons. The SMILES string of the molecule is CN(CCCN)c1ccccc1Br. The number of anilines is 1. The number of rotatable bonds is 4. The minimum atomic E-state index is 0.745. The zero-order valence-electron chi connectivity index (χ0n) is 7.83. The van der Waals surface area contributed by atoms with Crippen LogP contribution in [-0.2, 0) is 0 Å². The molecule has 0 spiro atoms. The summed E-state index contributed by atoms with van der Waals surface area (Å²) in [5.74, 6) is 0. The van der Waals surface area contributed by atoms with Crippen molar-refractivity contribution in [2.45, 2.75) is 6.42 Å². The first-order valence-corrected chi connectivity index (χ1v) is 5.20. The Labute approximate surface area is 87.9 Å². The van der Waals surface area contributed by atoms with E-state index >= 15 is 0 Å². The number of hydrogen-bond donors (Lipinski definition) is 1. The Hall–Kier alpha value is -0.540. The summed E-state index contributed by atoms with van der Waals surface area (Å²) in [6.45, 7) is 1.74. The number of nitrogens with zero attached hydrogens (tertiary/aromatic N) is 1. The third-order valence-corrected chi connectivity index (χ3v) is 2.63. The van der Waals surface area contributed by atoms with Gasteiger partial charge in [0.05, 0.1) is 5.69 Å². The summed E-state index contributed by atoms with van der Waals surface area (Å²) in [6, 6.07) is 8.21. The van der Waals surface area contributed by atoms with Gasteiger partial charge in [-0.1, -0.05) is 12.1 Å². The van der Waals surface area contributed by atoms with E-state index in [2.05, 4.69) is 33.9 Å². The molecular formula is C10H15BrN2. The Kier molecular flexibility index (Phi) is 4.25. The molecule has 0 aliphatic rings. The lowest BCUT2D eigenvalue weighted by Gasteiger charge is -2.20. The molecule has 0 aliphatic heterocycles. The fourth-order valence-electron chi connectivity index (χ4n) is 1.21. The van der Waals surface area contributed by atoms with E-state index in [1.165, 1.54) is 5.69 Å². The third kappa shape index (κ3) is 3.01. The van der Waals surface area contributed by atoms with Crippen molar-refractivity contribution in [3.05, 3.63) is 28.7 Å². The number of para-hydroxylation sites is 1. The van der Waals surface area contributed by atoms with Gasteiger partial charge in [-0.25, -0.2) is 0 Å². The molecule has 0 saturated carbocycles. The summed E-state index contributed by atoms with van der Waals surface area (Å²) in [5, 5.41) is 0. The molecule has 0 bridgehead atoms. The molecule has 2 N–H and O–H groups in total. The molecule has 0 aromatic heterocycles. The largest absolute Gasteiger partial charge is 0.374 e. The second-order valence-electron chi connectivity index (χ2n) is 3.02. The van der Waals surface area contributed by atoms with Crippen molar-refractivity contribution >= 4 is 21.6 Å². The number of nitrogens with two attached hydrogens (primary N) is 1. The number of hydrogen-bond acceptors (Lipinski definition) is 2. The minimum Gasteiger partial charge on any atom is -0.374 e. The van der Waals surface area contributed by atoms with Gasteiger partial charge in [0.25, 0.3) is 0 Å². The smallest absolute Gasteiger partial charge is 0.0508 e. The Morgan fingerprint density at radius 1 is 1.38 bits per heavy atom.